The van der Waals surface area contributed by atoms with Gasteiger partial charge in [0.05, 0.1) is 0 Å². The summed E-state index contributed by atoms with van der Waals surface area (Å²) >= 11 is 0. The average Bonchev–Trinajstić information content (AvgIpc) is 3.30. The Morgan fingerprint density at radius 2 is 2.00 bits per heavy atom. The van der Waals surface area contributed by atoms with Crippen LogP contribution in [0.4, 0.5) is 0 Å². The summed E-state index contributed by atoms with van der Waals surface area (Å²) in [5, 5.41) is 3.76. The zero-order chi connectivity index (χ0) is 13.8. The highest BCUT2D eigenvalue weighted by Crippen LogP contribution is 2.40. The highest BCUT2D eigenvalue weighted by molar-refractivity contribution is 5.14. The van der Waals surface area contributed by atoms with Gasteiger partial charge in [0.15, 0.2) is 0 Å². The summed E-state index contributed by atoms with van der Waals surface area (Å²) < 4.78 is 0. The molecule has 1 N–H and O–H groups in total. The first-order valence-electron chi connectivity index (χ1n) is 8.28. The molecule has 1 aromatic carbocycles. The number of nitrogens with one attached hydrogen (secondary N) is 1. The molecule has 0 aromatic heterocycles. The van der Waals surface area contributed by atoms with Crippen molar-refractivity contribution in [2.24, 2.45) is 5.92 Å². The molecule has 0 amide bonds. The van der Waals surface area contributed by atoms with Gasteiger partial charge in [-0.3, -0.25) is 0 Å². The van der Waals surface area contributed by atoms with Crippen LogP contribution in [0.5, 0.6) is 0 Å². The van der Waals surface area contributed by atoms with E-state index in [0.717, 1.165) is 5.92 Å². The van der Waals surface area contributed by atoms with Crippen molar-refractivity contribution in [2.45, 2.75) is 44.6 Å². The Morgan fingerprint density at radius 1 is 1.20 bits per heavy atom. The first kappa shape index (κ1) is 14.1. The maximum atomic E-state index is 3.76. The van der Waals surface area contributed by atoms with Gasteiger partial charge in [-0.2, -0.15) is 0 Å². The lowest BCUT2D eigenvalue weighted by atomic mass is 9.93. The molecule has 1 aromatic rings. The molecule has 0 radical (unpaired) electrons. The van der Waals surface area contributed by atoms with Gasteiger partial charge in [-0.1, -0.05) is 30.3 Å². The molecule has 1 saturated carbocycles. The number of nitrogens with zero attached hydrogens (tertiary/aromatic N) is 1. The third-order valence-corrected chi connectivity index (χ3v) is 5.02. The molecule has 0 bridgehead atoms. The molecule has 0 spiro atoms. The summed E-state index contributed by atoms with van der Waals surface area (Å²) in [6.07, 6.45) is 6.74. The van der Waals surface area contributed by atoms with E-state index in [9.17, 15) is 0 Å². The van der Waals surface area contributed by atoms with E-state index < -0.39 is 0 Å². The maximum absolute atomic E-state index is 3.76. The van der Waals surface area contributed by atoms with Crippen LogP contribution in [0.25, 0.3) is 0 Å². The van der Waals surface area contributed by atoms with Crippen LogP contribution >= 0.6 is 0 Å². The lowest BCUT2D eigenvalue weighted by Gasteiger charge is -2.42. The molecule has 3 rings (SSSR count). The SMILES string of the molecule is CC1(C2CC2)CN(CCCCc2ccccc2)CCN1. The maximum Gasteiger partial charge on any atom is 0.0309 e. The fourth-order valence-corrected chi connectivity index (χ4v) is 3.59. The molecule has 2 aliphatic rings. The second kappa shape index (κ2) is 6.28. The van der Waals surface area contributed by atoms with E-state index in [1.807, 2.05) is 0 Å². The van der Waals surface area contributed by atoms with Gasteiger partial charge < -0.3 is 10.2 Å². The van der Waals surface area contributed by atoms with Crippen LogP contribution in [-0.4, -0.2) is 36.6 Å². The summed E-state index contributed by atoms with van der Waals surface area (Å²) in [6.45, 7) is 7.36. The Balaban J connectivity index is 1.38. The predicted octanol–water partition coefficient (Wildman–Crippen LogP) is 3.08. The van der Waals surface area contributed by atoms with Crippen molar-refractivity contribution in [3.05, 3.63) is 35.9 Å². The molecule has 1 aliphatic heterocycles. The Bertz CT molecular complexity index is 413. The highest BCUT2D eigenvalue weighted by atomic mass is 15.2. The zero-order valence-corrected chi connectivity index (χ0v) is 12.8. The van der Waals surface area contributed by atoms with Crippen molar-refractivity contribution < 1.29 is 0 Å². The number of rotatable bonds is 6. The number of benzene rings is 1. The number of hydrogen-bond donors (Lipinski definition) is 1. The summed E-state index contributed by atoms with van der Waals surface area (Å²) in [5.74, 6) is 0.939. The van der Waals surface area contributed by atoms with Crippen molar-refractivity contribution in [1.82, 2.24) is 10.2 Å². The van der Waals surface area contributed by atoms with Gasteiger partial charge in [-0.05, 0) is 57.1 Å². The Morgan fingerprint density at radius 3 is 2.75 bits per heavy atom. The summed E-state index contributed by atoms with van der Waals surface area (Å²) in [6, 6.07) is 10.9. The van der Waals surface area contributed by atoms with E-state index in [4.69, 9.17) is 0 Å². The molecular weight excluding hydrogens is 244 g/mol. The number of aryl methyl sites for hydroxylation is 1. The van der Waals surface area contributed by atoms with E-state index >= 15 is 0 Å². The van der Waals surface area contributed by atoms with Gasteiger partial charge in [0.1, 0.15) is 0 Å². The smallest absolute Gasteiger partial charge is 0.0309 e. The second-order valence-electron chi connectivity index (χ2n) is 6.84. The highest BCUT2D eigenvalue weighted by Gasteiger charge is 2.43. The van der Waals surface area contributed by atoms with Gasteiger partial charge in [0.2, 0.25) is 0 Å². The Labute approximate surface area is 123 Å². The Hall–Kier alpha value is -0.860. The Kier molecular flexibility index (Phi) is 4.42. The lowest BCUT2D eigenvalue weighted by Crippen LogP contribution is -2.60. The first-order chi connectivity index (χ1) is 9.76. The monoisotopic (exact) mass is 272 g/mol. The molecule has 1 heterocycles. The minimum atomic E-state index is 0.400. The van der Waals surface area contributed by atoms with Crippen LogP contribution in [0.3, 0.4) is 0 Å². The molecule has 2 nitrogen and oxygen atoms in total. The summed E-state index contributed by atoms with van der Waals surface area (Å²) in [5.41, 5.74) is 1.88. The topological polar surface area (TPSA) is 15.3 Å². The van der Waals surface area contributed by atoms with E-state index in [2.05, 4.69) is 47.5 Å². The molecule has 1 saturated heterocycles. The number of hydrogen-bond acceptors (Lipinski definition) is 2. The van der Waals surface area contributed by atoms with Crippen LogP contribution in [0.1, 0.15) is 38.2 Å². The lowest BCUT2D eigenvalue weighted by molar-refractivity contribution is 0.125. The first-order valence-corrected chi connectivity index (χ1v) is 8.28. The minimum absolute atomic E-state index is 0.400. The third-order valence-electron chi connectivity index (χ3n) is 5.02. The van der Waals surface area contributed by atoms with Crippen molar-refractivity contribution in [3.8, 4) is 0 Å². The van der Waals surface area contributed by atoms with Crippen LogP contribution < -0.4 is 5.32 Å². The van der Waals surface area contributed by atoms with E-state index in [1.165, 1.54) is 63.8 Å². The molecular formula is C18H28N2. The molecule has 20 heavy (non-hydrogen) atoms. The van der Waals surface area contributed by atoms with Crippen LogP contribution in [0, 0.1) is 5.92 Å². The second-order valence-corrected chi connectivity index (χ2v) is 6.84. The van der Waals surface area contributed by atoms with Gasteiger partial charge in [0, 0.05) is 25.2 Å². The molecule has 110 valence electrons. The molecule has 1 atom stereocenters. The van der Waals surface area contributed by atoms with Crippen molar-refractivity contribution in [3.63, 3.8) is 0 Å². The van der Waals surface area contributed by atoms with Gasteiger partial charge >= 0.3 is 0 Å². The third kappa shape index (κ3) is 3.62. The number of unbranched alkanes of at least 4 members (excludes halogenated alkanes) is 1. The standard InChI is InChI=1S/C18H28N2/c1-18(17-10-11-17)15-20(14-12-19-18)13-6-5-9-16-7-3-2-4-8-16/h2-4,7-8,17,19H,5-6,9-15H2,1H3. The van der Waals surface area contributed by atoms with E-state index in [1.54, 1.807) is 0 Å². The number of piperazine rings is 1. The quantitative estimate of drug-likeness (QED) is 0.801. The van der Waals surface area contributed by atoms with Gasteiger partial charge in [0.25, 0.3) is 0 Å². The average molecular weight is 272 g/mol. The molecule has 1 unspecified atom stereocenters. The zero-order valence-electron chi connectivity index (χ0n) is 12.8. The van der Waals surface area contributed by atoms with Crippen molar-refractivity contribution >= 4 is 0 Å². The van der Waals surface area contributed by atoms with Gasteiger partial charge in [-0.25, -0.2) is 0 Å². The summed E-state index contributed by atoms with van der Waals surface area (Å²) in [7, 11) is 0. The largest absolute Gasteiger partial charge is 0.309 e. The minimum Gasteiger partial charge on any atom is -0.309 e. The van der Waals surface area contributed by atoms with Gasteiger partial charge in [-0.15, -0.1) is 0 Å². The van der Waals surface area contributed by atoms with Crippen LogP contribution in [0.15, 0.2) is 30.3 Å². The molecule has 2 heteroatoms. The fourth-order valence-electron chi connectivity index (χ4n) is 3.59. The van der Waals surface area contributed by atoms with Crippen molar-refractivity contribution in [1.29, 1.82) is 0 Å². The fraction of sp³-hybridized carbons (Fsp3) is 0.667. The predicted molar refractivity (Wildman–Crippen MR) is 85.0 cm³/mol. The van der Waals surface area contributed by atoms with E-state index in [0.29, 0.717) is 5.54 Å². The molecule has 2 fully saturated rings. The van der Waals surface area contributed by atoms with Crippen LogP contribution in [-0.2, 0) is 6.42 Å². The van der Waals surface area contributed by atoms with Crippen LogP contribution in [0.2, 0.25) is 0 Å². The van der Waals surface area contributed by atoms with Crippen molar-refractivity contribution in [2.75, 3.05) is 26.2 Å². The van der Waals surface area contributed by atoms with E-state index in [-0.39, 0.29) is 0 Å². The summed E-state index contributed by atoms with van der Waals surface area (Å²) in [4.78, 5) is 2.68. The molecule has 1 aliphatic carbocycles. The normalized spacial score (nSPS) is 27.6.